The van der Waals surface area contributed by atoms with Crippen LogP contribution in [-0.2, 0) is 6.42 Å². The zero-order valence-electron chi connectivity index (χ0n) is 11.2. The molecule has 3 nitrogen and oxygen atoms in total. The van der Waals surface area contributed by atoms with Crippen LogP contribution in [0.25, 0.3) is 0 Å². The van der Waals surface area contributed by atoms with Crippen LogP contribution in [0.4, 0.5) is 4.39 Å². The Hall–Kier alpha value is -1.29. The second-order valence-corrected chi connectivity index (χ2v) is 4.45. The Bertz CT molecular complexity index is 423. The van der Waals surface area contributed by atoms with Gasteiger partial charge in [0.2, 0.25) is 0 Å². The van der Waals surface area contributed by atoms with Crippen molar-refractivity contribution in [3.05, 3.63) is 23.3 Å². The number of fused-ring (bicyclic) bond motifs is 1. The van der Waals surface area contributed by atoms with E-state index in [1.165, 1.54) is 5.56 Å². The molecule has 100 valence electrons. The summed E-state index contributed by atoms with van der Waals surface area (Å²) in [6.45, 7) is 3.46. The molecule has 0 fully saturated rings. The van der Waals surface area contributed by atoms with Crippen molar-refractivity contribution in [3.8, 4) is 11.5 Å². The average Bonchev–Trinajstić information content (AvgIpc) is 2.44. The molecule has 0 aliphatic carbocycles. The predicted molar refractivity (Wildman–Crippen MR) is 69.2 cm³/mol. The van der Waals surface area contributed by atoms with Gasteiger partial charge in [-0.3, -0.25) is 4.90 Å². The molecule has 0 amide bonds. The van der Waals surface area contributed by atoms with Gasteiger partial charge in [0, 0.05) is 6.54 Å². The molecule has 0 radical (unpaired) electrons. The maximum absolute atomic E-state index is 13.3. The van der Waals surface area contributed by atoms with E-state index in [2.05, 4.69) is 11.8 Å². The monoisotopic (exact) mass is 253 g/mol. The summed E-state index contributed by atoms with van der Waals surface area (Å²) in [4.78, 5) is 2.16. The lowest BCUT2D eigenvalue weighted by molar-refractivity contribution is 0.162. The van der Waals surface area contributed by atoms with E-state index in [0.717, 1.165) is 30.8 Å². The molecule has 0 spiro atoms. The quantitative estimate of drug-likeness (QED) is 0.823. The van der Waals surface area contributed by atoms with E-state index < -0.39 is 0 Å². The first-order valence-electron chi connectivity index (χ1n) is 6.29. The molecule has 4 heteroatoms. The van der Waals surface area contributed by atoms with Gasteiger partial charge in [-0.1, -0.05) is 6.92 Å². The van der Waals surface area contributed by atoms with Gasteiger partial charge in [-0.25, -0.2) is 4.39 Å². The number of ether oxygens (including phenoxy) is 2. The summed E-state index contributed by atoms with van der Waals surface area (Å²) in [6, 6.07) is 3.74. The highest BCUT2D eigenvalue weighted by Crippen LogP contribution is 2.38. The van der Waals surface area contributed by atoms with Gasteiger partial charge in [0.25, 0.3) is 0 Å². The highest BCUT2D eigenvalue weighted by atomic mass is 19.1. The lowest BCUT2D eigenvalue weighted by Gasteiger charge is -2.35. The highest BCUT2D eigenvalue weighted by molar-refractivity contribution is 5.49. The number of alkyl halides is 1. The Balaban J connectivity index is 2.45. The SMILES string of the molecule is CCN1CCc2cc(OC)c(OC)cc2[C@H]1CF. The van der Waals surface area contributed by atoms with Gasteiger partial charge in [0.1, 0.15) is 6.67 Å². The van der Waals surface area contributed by atoms with Gasteiger partial charge in [-0.2, -0.15) is 0 Å². The number of likely N-dealkylation sites (N-methyl/N-ethyl adjacent to an activating group) is 1. The van der Waals surface area contributed by atoms with Crippen molar-refractivity contribution in [1.29, 1.82) is 0 Å². The molecule has 18 heavy (non-hydrogen) atoms. The molecule has 1 aromatic carbocycles. The molecular formula is C14H20FNO2. The van der Waals surface area contributed by atoms with Crippen LogP contribution in [0, 0.1) is 0 Å². The molecule has 1 aliphatic rings. The first kappa shape index (κ1) is 13.1. The number of rotatable bonds is 4. The molecule has 0 saturated heterocycles. The number of hydrogen-bond acceptors (Lipinski definition) is 3. The lowest BCUT2D eigenvalue weighted by atomic mass is 9.92. The molecule has 1 aromatic rings. The minimum absolute atomic E-state index is 0.154. The Morgan fingerprint density at radius 2 is 1.94 bits per heavy atom. The molecule has 0 unspecified atom stereocenters. The average molecular weight is 253 g/mol. The van der Waals surface area contributed by atoms with Crippen molar-refractivity contribution < 1.29 is 13.9 Å². The Labute approximate surface area is 107 Å². The van der Waals surface area contributed by atoms with Crippen LogP contribution in [0.5, 0.6) is 11.5 Å². The van der Waals surface area contributed by atoms with E-state index in [9.17, 15) is 4.39 Å². The Kier molecular flexibility index (Phi) is 4.07. The van der Waals surface area contributed by atoms with Crippen LogP contribution < -0.4 is 9.47 Å². The molecule has 1 heterocycles. The summed E-state index contributed by atoms with van der Waals surface area (Å²) in [5.74, 6) is 1.39. The molecular weight excluding hydrogens is 233 g/mol. The minimum atomic E-state index is -0.365. The van der Waals surface area contributed by atoms with E-state index in [-0.39, 0.29) is 12.7 Å². The maximum atomic E-state index is 13.3. The largest absolute Gasteiger partial charge is 0.493 e. The first-order chi connectivity index (χ1) is 8.74. The predicted octanol–water partition coefficient (Wildman–Crippen LogP) is 2.59. The van der Waals surface area contributed by atoms with Crippen LogP contribution in [0.15, 0.2) is 12.1 Å². The number of nitrogens with zero attached hydrogens (tertiary/aromatic N) is 1. The van der Waals surface area contributed by atoms with Crippen LogP contribution in [-0.4, -0.2) is 38.9 Å². The molecule has 2 rings (SSSR count). The van der Waals surface area contributed by atoms with E-state index in [1.54, 1.807) is 14.2 Å². The molecule has 1 atom stereocenters. The third kappa shape index (κ3) is 2.17. The lowest BCUT2D eigenvalue weighted by Crippen LogP contribution is -2.36. The summed E-state index contributed by atoms with van der Waals surface area (Å²) in [5.41, 5.74) is 2.20. The fraction of sp³-hybridized carbons (Fsp3) is 0.571. The smallest absolute Gasteiger partial charge is 0.161 e. The summed E-state index contributed by atoms with van der Waals surface area (Å²) in [6.07, 6.45) is 0.931. The first-order valence-corrected chi connectivity index (χ1v) is 6.29. The van der Waals surface area contributed by atoms with Crippen LogP contribution >= 0.6 is 0 Å². The standard InChI is InChI=1S/C14H20FNO2/c1-4-16-6-5-10-7-13(17-2)14(18-3)8-11(10)12(16)9-15/h7-8,12H,4-6,9H2,1-3H3/t12-/m1/s1. The molecule has 0 aromatic heterocycles. The maximum Gasteiger partial charge on any atom is 0.161 e. The van der Waals surface area contributed by atoms with Crippen LogP contribution in [0.3, 0.4) is 0 Å². The third-order valence-corrected chi connectivity index (χ3v) is 3.67. The fourth-order valence-corrected chi connectivity index (χ4v) is 2.64. The van der Waals surface area contributed by atoms with Crippen molar-refractivity contribution >= 4 is 0 Å². The van der Waals surface area contributed by atoms with Crippen molar-refractivity contribution in [2.24, 2.45) is 0 Å². The zero-order chi connectivity index (χ0) is 13.1. The number of benzene rings is 1. The van der Waals surface area contributed by atoms with Gasteiger partial charge >= 0.3 is 0 Å². The molecule has 0 bridgehead atoms. The van der Waals surface area contributed by atoms with Crippen molar-refractivity contribution in [2.75, 3.05) is 34.0 Å². The third-order valence-electron chi connectivity index (χ3n) is 3.67. The Morgan fingerprint density at radius 3 is 2.50 bits per heavy atom. The number of hydrogen-bond donors (Lipinski definition) is 0. The molecule has 1 aliphatic heterocycles. The topological polar surface area (TPSA) is 21.7 Å². The van der Waals surface area contributed by atoms with Gasteiger partial charge in [-0.15, -0.1) is 0 Å². The van der Waals surface area contributed by atoms with Crippen molar-refractivity contribution in [2.45, 2.75) is 19.4 Å². The fourth-order valence-electron chi connectivity index (χ4n) is 2.64. The summed E-state index contributed by atoms with van der Waals surface area (Å²) in [5, 5.41) is 0. The van der Waals surface area contributed by atoms with E-state index in [1.807, 2.05) is 12.1 Å². The summed E-state index contributed by atoms with van der Waals surface area (Å²) < 4.78 is 23.9. The van der Waals surface area contributed by atoms with Crippen LogP contribution in [0.2, 0.25) is 0 Å². The van der Waals surface area contributed by atoms with E-state index in [0.29, 0.717) is 5.75 Å². The van der Waals surface area contributed by atoms with E-state index in [4.69, 9.17) is 9.47 Å². The van der Waals surface area contributed by atoms with E-state index >= 15 is 0 Å². The van der Waals surface area contributed by atoms with Crippen LogP contribution in [0.1, 0.15) is 24.1 Å². The number of halogens is 1. The molecule has 0 saturated carbocycles. The Morgan fingerprint density at radius 1 is 1.28 bits per heavy atom. The second-order valence-electron chi connectivity index (χ2n) is 4.45. The van der Waals surface area contributed by atoms with Gasteiger partial charge in [-0.05, 0) is 36.2 Å². The summed E-state index contributed by atoms with van der Waals surface area (Å²) >= 11 is 0. The highest BCUT2D eigenvalue weighted by Gasteiger charge is 2.27. The normalized spacial score (nSPS) is 19.4. The molecule has 0 N–H and O–H groups in total. The van der Waals surface area contributed by atoms with Gasteiger partial charge < -0.3 is 9.47 Å². The van der Waals surface area contributed by atoms with Gasteiger partial charge in [0.05, 0.1) is 20.3 Å². The summed E-state index contributed by atoms with van der Waals surface area (Å²) in [7, 11) is 3.23. The van der Waals surface area contributed by atoms with Crippen molar-refractivity contribution in [1.82, 2.24) is 4.90 Å². The zero-order valence-corrected chi connectivity index (χ0v) is 11.2. The van der Waals surface area contributed by atoms with Crippen molar-refractivity contribution in [3.63, 3.8) is 0 Å². The van der Waals surface area contributed by atoms with Gasteiger partial charge in [0.15, 0.2) is 11.5 Å². The minimum Gasteiger partial charge on any atom is -0.493 e. The number of methoxy groups -OCH3 is 2. The second kappa shape index (κ2) is 5.57.